The second-order valence-corrected chi connectivity index (χ2v) is 6.79. The van der Waals surface area contributed by atoms with Gasteiger partial charge in [0.15, 0.2) is 0 Å². The fourth-order valence-electron chi connectivity index (χ4n) is 2.85. The number of aromatic nitrogens is 2. The van der Waals surface area contributed by atoms with Gasteiger partial charge in [0.05, 0.1) is 24.4 Å². The van der Waals surface area contributed by atoms with Gasteiger partial charge >= 0.3 is 11.9 Å². The van der Waals surface area contributed by atoms with Crippen LogP contribution in [0.1, 0.15) is 44.0 Å². The average molecular weight is 363 g/mol. The average Bonchev–Trinajstić information content (AvgIpc) is 3.17. The topological polar surface area (TPSA) is 111 Å². The first-order valence-corrected chi connectivity index (χ1v) is 8.59. The molecule has 0 unspecified atom stereocenters. The highest BCUT2D eigenvalue weighted by Crippen LogP contribution is 2.38. The smallest absolute Gasteiger partial charge is 0.341 e. The van der Waals surface area contributed by atoms with Crippen LogP contribution in [0.3, 0.4) is 0 Å². The number of anilines is 1. The van der Waals surface area contributed by atoms with E-state index in [1.54, 1.807) is 0 Å². The second kappa shape index (κ2) is 7.06. The van der Waals surface area contributed by atoms with E-state index >= 15 is 0 Å². The first-order chi connectivity index (χ1) is 12.0. The normalized spacial score (nSPS) is 13.2. The van der Waals surface area contributed by atoms with Gasteiger partial charge < -0.3 is 15.2 Å². The third-order valence-corrected chi connectivity index (χ3v) is 5.19. The molecule has 0 radical (unpaired) electrons. The minimum Gasteiger partial charge on any atom is -0.480 e. The lowest BCUT2D eigenvalue weighted by molar-refractivity contribution is -0.137. The van der Waals surface area contributed by atoms with Crippen molar-refractivity contribution in [2.75, 3.05) is 12.4 Å². The van der Waals surface area contributed by atoms with Crippen LogP contribution >= 0.6 is 11.3 Å². The Morgan fingerprint density at radius 3 is 2.84 bits per heavy atom. The summed E-state index contributed by atoms with van der Waals surface area (Å²) in [7, 11) is 1.32. The number of hydrogen-bond donors (Lipinski definition) is 2. The quantitative estimate of drug-likeness (QED) is 0.786. The third-order valence-electron chi connectivity index (χ3n) is 3.98. The molecule has 0 bridgehead atoms. The standard InChI is InChI=1S/C16H17N3O5S/c1-24-16(23)13-10-4-2-3-5-11(10)25-15(13)18-14(22)9-6-17-19(7-9)8-12(20)21/h6-7H,2-5,8H2,1H3,(H,18,22)(H,20,21). The predicted octanol–water partition coefficient (Wildman–Crippen LogP) is 1.95. The van der Waals surface area contributed by atoms with Gasteiger partial charge in [0, 0.05) is 11.1 Å². The Morgan fingerprint density at radius 2 is 2.12 bits per heavy atom. The van der Waals surface area contributed by atoms with Crippen molar-refractivity contribution < 1.29 is 24.2 Å². The Hall–Kier alpha value is -2.68. The van der Waals surface area contributed by atoms with Crippen molar-refractivity contribution in [3.63, 3.8) is 0 Å². The zero-order valence-corrected chi connectivity index (χ0v) is 14.4. The monoisotopic (exact) mass is 363 g/mol. The zero-order valence-electron chi connectivity index (χ0n) is 13.6. The second-order valence-electron chi connectivity index (χ2n) is 5.68. The van der Waals surface area contributed by atoms with Crippen LogP contribution in [-0.2, 0) is 28.9 Å². The molecule has 0 fully saturated rings. The lowest BCUT2D eigenvalue weighted by atomic mass is 9.95. The minimum absolute atomic E-state index is 0.225. The van der Waals surface area contributed by atoms with Crippen molar-refractivity contribution in [2.24, 2.45) is 0 Å². The number of methoxy groups -OCH3 is 1. The van der Waals surface area contributed by atoms with E-state index in [1.165, 1.54) is 30.8 Å². The SMILES string of the molecule is COC(=O)c1c(NC(=O)c2cnn(CC(=O)O)c2)sc2c1CCCC2. The molecule has 0 spiro atoms. The van der Waals surface area contributed by atoms with Crippen LogP contribution in [-0.4, -0.2) is 39.8 Å². The first kappa shape index (κ1) is 17.2. The summed E-state index contributed by atoms with van der Waals surface area (Å²) in [6.45, 7) is -0.325. The summed E-state index contributed by atoms with van der Waals surface area (Å²) in [6.07, 6.45) is 6.39. The molecular weight excluding hydrogens is 346 g/mol. The number of amides is 1. The third kappa shape index (κ3) is 3.55. The molecule has 1 aliphatic rings. The molecule has 0 atom stereocenters. The van der Waals surface area contributed by atoms with Crippen molar-refractivity contribution in [2.45, 2.75) is 32.2 Å². The van der Waals surface area contributed by atoms with Crippen molar-refractivity contribution in [3.05, 3.63) is 34.0 Å². The van der Waals surface area contributed by atoms with Gasteiger partial charge in [0.1, 0.15) is 11.5 Å². The number of aliphatic carboxylic acids is 1. The number of nitrogens with one attached hydrogen (secondary N) is 1. The van der Waals surface area contributed by atoms with Gasteiger partial charge in [0.25, 0.3) is 5.91 Å². The molecule has 1 aliphatic carbocycles. The number of nitrogens with zero attached hydrogens (tertiary/aromatic N) is 2. The summed E-state index contributed by atoms with van der Waals surface area (Å²) >= 11 is 1.39. The van der Waals surface area contributed by atoms with E-state index in [0.29, 0.717) is 10.6 Å². The fourth-order valence-corrected chi connectivity index (χ4v) is 4.13. The van der Waals surface area contributed by atoms with Gasteiger partial charge in [0.2, 0.25) is 0 Å². The summed E-state index contributed by atoms with van der Waals surface area (Å²) in [6, 6.07) is 0. The Morgan fingerprint density at radius 1 is 1.36 bits per heavy atom. The van der Waals surface area contributed by atoms with Crippen LogP contribution in [0.2, 0.25) is 0 Å². The summed E-state index contributed by atoms with van der Waals surface area (Å²) in [5.74, 6) is -1.95. The van der Waals surface area contributed by atoms with Gasteiger partial charge in [-0.25, -0.2) is 4.79 Å². The molecule has 2 aromatic heterocycles. The highest BCUT2D eigenvalue weighted by molar-refractivity contribution is 7.17. The summed E-state index contributed by atoms with van der Waals surface area (Å²) in [4.78, 5) is 36.4. The molecule has 9 heteroatoms. The number of aryl methyl sites for hydroxylation is 1. The largest absolute Gasteiger partial charge is 0.480 e. The van der Waals surface area contributed by atoms with E-state index in [1.807, 2.05) is 0 Å². The maximum absolute atomic E-state index is 12.4. The van der Waals surface area contributed by atoms with Crippen molar-refractivity contribution in [1.29, 1.82) is 0 Å². The van der Waals surface area contributed by atoms with Gasteiger partial charge in [-0.15, -0.1) is 11.3 Å². The molecule has 0 saturated carbocycles. The van der Waals surface area contributed by atoms with E-state index in [9.17, 15) is 14.4 Å². The highest BCUT2D eigenvalue weighted by Gasteiger charge is 2.27. The van der Waals surface area contributed by atoms with Gasteiger partial charge in [-0.3, -0.25) is 14.3 Å². The number of rotatable bonds is 5. The van der Waals surface area contributed by atoms with Crippen LogP contribution in [0.4, 0.5) is 5.00 Å². The molecule has 0 saturated heterocycles. The molecule has 0 aliphatic heterocycles. The van der Waals surface area contributed by atoms with Gasteiger partial charge in [-0.2, -0.15) is 5.10 Å². The molecule has 0 aromatic carbocycles. The Labute approximate surface area is 147 Å². The van der Waals surface area contributed by atoms with Crippen LogP contribution in [0.15, 0.2) is 12.4 Å². The Kier molecular flexibility index (Phi) is 4.84. The molecule has 2 heterocycles. The lowest BCUT2D eigenvalue weighted by Gasteiger charge is -2.11. The maximum atomic E-state index is 12.4. The summed E-state index contributed by atoms with van der Waals surface area (Å²) < 4.78 is 6.04. The zero-order chi connectivity index (χ0) is 18.0. The fraction of sp³-hybridized carbons (Fsp3) is 0.375. The number of carboxylic acids is 1. The van der Waals surface area contributed by atoms with E-state index in [-0.39, 0.29) is 12.1 Å². The molecule has 3 rings (SSSR count). The molecule has 1 amide bonds. The molecular formula is C16H17N3O5S. The number of carbonyl (C=O) groups excluding carboxylic acids is 2. The molecule has 132 valence electrons. The number of esters is 1. The lowest BCUT2D eigenvalue weighted by Crippen LogP contribution is -2.15. The van der Waals surface area contributed by atoms with E-state index < -0.39 is 17.8 Å². The van der Waals surface area contributed by atoms with Crippen molar-refractivity contribution in [3.8, 4) is 0 Å². The minimum atomic E-state index is -1.05. The summed E-state index contributed by atoms with van der Waals surface area (Å²) in [5.41, 5.74) is 1.61. The predicted molar refractivity (Wildman–Crippen MR) is 90.1 cm³/mol. The van der Waals surface area contributed by atoms with Crippen LogP contribution < -0.4 is 5.32 Å². The van der Waals surface area contributed by atoms with Crippen LogP contribution in [0, 0.1) is 0 Å². The number of carbonyl (C=O) groups is 3. The van der Waals surface area contributed by atoms with E-state index in [0.717, 1.165) is 40.8 Å². The van der Waals surface area contributed by atoms with Crippen LogP contribution in [0.25, 0.3) is 0 Å². The van der Waals surface area contributed by atoms with E-state index in [2.05, 4.69) is 10.4 Å². The van der Waals surface area contributed by atoms with Gasteiger partial charge in [-0.05, 0) is 31.2 Å². The molecule has 2 N–H and O–H groups in total. The summed E-state index contributed by atoms with van der Waals surface area (Å²) in [5, 5.41) is 15.8. The number of ether oxygens (including phenoxy) is 1. The Bertz CT molecular complexity index is 839. The van der Waals surface area contributed by atoms with Gasteiger partial charge in [-0.1, -0.05) is 0 Å². The Balaban J connectivity index is 1.85. The number of thiophene rings is 1. The molecule has 8 nitrogen and oxygen atoms in total. The van der Waals surface area contributed by atoms with E-state index in [4.69, 9.17) is 9.84 Å². The number of carboxylic acid groups (broad SMARTS) is 1. The first-order valence-electron chi connectivity index (χ1n) is 7.78. The molecule has 25 heavy (non-hydrogen) atoms. The maximum Gasteiger partial charge on any atom is 0.341 e. The van der Waals surface area contributed by atoms with Crippen LogP contribution in [0.5, 0.6) is 0 Å². The number of hydrogen-bond acceptors (Lipinski definition) is 6. The number of fused-ring (bicyclic) bond motifs is 1. The molecule has 2 aromatic rings. The van der Waals surface area contributed by atoms with Crippen molar-refractivity contribution in [1.82, 2.24) is 9.78 Å². The highest BCUT2D eigenvalue weighted by atomic mass is 32.1. The van der Waals surface area contributed by atoms with Crippen molar-refractivity contribution >= 4 is 34.2 Å².